The number of aryl methyl sites for hydroxylation is 2. The molecule has 0 spiro atoms. The first kappa shape index (κ1) is 23.8. The molecule has 184 valence electrons. The van der Waals surface area contributed by atoms with Gasteiger partial charge in [-0.2, -0.15) is 0 Å². The fourth-order valence-corrected chi connectivity index (χ4v) is 5.37. The molecule has 2 nitrogen and oxygen atoms in total. The van der Waals surface area contributed by atoms with Crippen molar-refractivity contribution in [3.8, 4) is 0 Å². The van der Waals surface area contributed by atoms with Crippen molar-refractivity contribution in [3.63, 3.8) is 0 Å². The van der Waals surface area contributed by atoms with Crippen molar-refractivity contribution >= 4 is 43.4 Å². The van der Waals surface area contributed by atoms with Crippen LogP contribution in [0, 0.1) is 0 Å². The predicted molar refractivity (Wildman–Crippen MR) is 162 cm³/mol. The smallest absolute Gasteiger partial charge is 0.0701 e. The molecule has 1 aliphatic rings. The van der Waals surface area contributed by atoms with E-state index in [0.717, 1.165) is 11.0 Å². The number of fused-ring (bicyclic) bond motifs is 7. The number of rotatable bonds is 0. The molecule has 5 aromatic carbocycles. The molecule has 0 saturated heterocycles. The Labute approximate surface area is 223 Å². The van der Waals surface area contributed by atoms with Crippen LogP contribution in [0.25, 0.3) is 43.4 Å². The van der Waals surface area contributed by atoms with Gasteiger partial charge in [-0.15, -0.1) is 0 Å². The van der Waals surface area contributed by atoms with Gasteiger partial charge >= 0.3 is 0 Å². The zero-order valence-electron chi connectivity index (χ0n) is 21.4. The number of aromatic nitrogens is 2. The molecule has 7 aromatic rings. The average Bonchev–Trinajstić information content (AvgIpc) is 3.01. The van der Waals surface area contributed by atoms with E-state index in [1.54, 1.807) is 11.1 Å². The molecule has 0 saturated carbocycles. The first-order valence-corrected chi connectivity index (χ1v) is 13.4. The summed E-state index contributed by atoms with van der Waals surface area (Å²) < 4.78 is 0. The third-order valence-corrected chi connectivity index (χ3v) is 7.28. The Morgan fingerprint density at radius 1 is 0.395 bits per heavy atom. The topological polar surface area (TPSA) is 25.8 Å². The zero-order chi connectivity index (χ0) is 25.6. The van der Waals surface area contributed by atoms with E-state index in [1.807, 2.05) is 60.9 Å². The Morgan fingerprint density at radius 3 is 1.63 bits per heavy atom. The maximum atomic E-state index is 4.18. The summed E-state index contributed by atoms with van der Waals surface area (Å²) in [7, 11) is 0. The highest BCUT2D eigenvalue weighted by atomic mass is 14.6. The lowest BCUT2D eigenvalue weighted by Gasteiger charge is -2.18. The number of hydrogen-bond acceptors (Lipinski definition) is 2. The van der Waals surface area contributed by atoms with E-state index < -0.39 is 0 Å². The molecule has 0 aliphatic heterocycles. The normalized spacial score (nSPS) is 12.3. The second-order valence-corrected chi connectivity index (χ2v) is 9.68. The van der Waals surface area contributed by atoms with Crippen molar-refractivity contribution in [3.05, 3.63) is 145 Å². The van der Waals surface area contributed by atoms with Crippen molar-refractivity contribution < 1.29 is 0 Å². The van der Waals surface area contributed by atoms with Crippen LogP contribution >= 0.6 is 0 Å². The molecule has 2 heterocycles. The summed E-state index contributed by atoms with van der Waals surface area (Å²) in [6.07, 6.45) is 8.83. The van der Waals surface area contributed by atoms with E-state index in [1.165, 1.54) is 58.0 Å². The van der Waals surface area contributed by atoms with Crippen molar-refractivity contribution in [1.82, 2.24) is 9.97 Å². The van der Waals surface area contributed by atoms with Crippen LogP contribution in [0.1, 0.15) is 24.0 Å². The molecule has 0 atom stereocenters. The van der Waals surface area contributed by atoms with E-state index in [0.29, 0.717) is 0 Å². The number of nitrogens with zero attached hydrogens (tertiary/aromatic N) is 2. The van der Waals surface area contributed by atoms with E-state index in [2.05, 4.69) is 82.8 Å². The summed E-state index contributed by atoms with van der Waals surface area (Å²) in [6, 6.07) is 42.1. The molecule has 38 heavy (non-hydrogen) atoms. The van der Waals surface area contributed by atoms with Crippen molar-refractivity contribution in [2.75, 3.05) is 0 Å². The Bertz CT molecular complexity index is 1640. The van der Waals surface area contributed by atoms with Crippen LogP contribution in [-0.2, 0) is 12.8 Å². The predicted octanol–water partition coefficient (Wildman–Crippen LogP) is 9.34. The van der Waals surface area contributed by atoms with Crippen LogP contribution in [-0.4, -0.2) is 9.97 Å². The van der Waals surface area contributed by atoms with Gasteiger partial charge in [0.05, 0.1) is 11.0 Å². The molecule has 0 bridgehead atoms. The second kappa shape index (κ2) is 11.2. The van der Waals surface area contributed by atoms with Crippen molar-refractivity contribution in [1.29, 1.82) is 0 Å². The van der Waals surface area contributed by atoms with E-state index in [-0.39, 0.29) is 0 Å². The van der Waals surface area contributed by atoms with E-state index in [9.17, 15) is 0 Å². The number of benzene rings is 5. The molecular weight excluding hydrogens is 460 g/mol. The summed E-state index contributed by atoms with van der Waals surface area (Å²) in [4.78, 5) is 8.36. The van der Waals surface area contributed by atoms with Gasteiger partial charge < -0.3 is 0 Å². The monoisotopic (exact) mass is 490 g/mol. The quantitative estimate of drug-likeness (QED) is 0.198. The van der Waals surface area contributed by atoms with Gasteiger partial charge in [0.1, 0.15) is 0 Å². The minimum atomic E-state index is 1.06. The third-order valence-electron chi connectivity index (χ3n) is 7.28. The third kappa shape index (κ3) is 5.12. The van der Waals surface area contributed by atoms with Gasteiger partial charge in [-0.05, 0) is 82.6 Å². The fourth-order valence-electron chi connectivity index (χ4n) is 5.37. The highest BCUT2D eigenvalue weighted by Gasteiger charge is 2.13. The largest absolute Gasteiger partial charge is 0.256 e. The van der Waals surface area contributed by atoms with Crippen LogP contribution < -0.4 is 0 Å². The molecule has 0 fully saturated rings. The first-order valence-electron chi connectivity index (χ1n) is 13.4. The Hall–Kier alpha value is -4.56. The summed E-state index contributed by atoms with van der Waals surface area (Å²) in [5.74, 6) is 0. The van der Waals surface area contributed by atoms with Gasteiger partial charge in [0.15, 0.2) is 0 Å². The van der Waals surface area contributed by atoms with Crippen molar-refractivity contribution in [2.24, 2.45) is 0 Å². The van der Waals surface area contributed by atoms with Crippen molar-refractivity contribution in [2.45, 2.75) is 25.7 Å². The van der Waals surface area contributed by atoms with Crippen LogP contribution in [0.15, 0.2) is 134 Å². The van der Waals surface area contributed by atoms with E-state index in [4.69, 9.17) is 0 Å². The number of hydrogen-bond donors (Lipinski definition) is 0. The standard InChI is InChI=1S/C18H16.2C9H7N/c1-3-7-15-13(5-1)9-11-18-16-8-4-2-6-14(16)10-12-17(15)18;2*1-2-6-9-8(4-1)5-3-7-10-9/h1,3,5,7,9-12H,2,4,6,8H2;2*1-7H. The molecular formula is C36H30N2. The Kier molecular flexibility index (Phi) is 7.04. The highest BCUT2D eigenvalue weighted by Crippen LogP contribution is 2.33. The zero-order valence-corrected chi connectivity index (χ0v) is 21.4. The van der Waals surface area contributed by atoms with Crippen LogP contribution in [0.4, 0.5) is 0 Å². The van der Waals surface area contributed by atoms with Crippen LogP contribution in [0.3, 0.4) is 0 Å². The molecule has 8 rings (SSSR count). The molecule has 0 N–H and O–H groups in total. The number of para-hydroxylation sites is 2. The number of pyridine rings is 2. The highest BCUT2D eigenvalue weighted by molar-refractivity contribution is 6.08. The van der Waals surface area contributed by atoms with Crippen LogP contribution in [0.5, 0.6) is 0 Å². The first-order chi connectivity index (χ1) is 18.9. The lowest BCUT2D eigenvalue weighted by atomic mass is 9.86. The van der Waals surface area contributed by atoms with Gasteiger partial charge in [-0.3, -0.25) is 9.97 Å². The van der Waals surface area contributed by atoms with Gasteiger partial charge in [0.25, 0.3) is 0 Å². The minimum Gasteiger partial charge on any atom is -0.256 e. The van der Waals surface area contributed by atoms with E-state index >= 15 is 0 Å². The summed E-state index contributed by atoms with van der Waals surface area (Å²) in [5.41, 5.74) is 5.29. The lowest BCUT2D eigenvalue weighted by Crippen LogP contribution is -2.02. The van der Waals surface area contributed by atoms with Gasteiger partial charge in [0, 0.05) is 23.2 Å². The summed E-state index contributed by atoms with van der Waals surface area (Å²) in [6.45, 7) is 0. The fraction of sp³-hybridized carbons (Fsp3) is 0.111. The van der Waals surface area contributed by atoms with Crippen LogP contribution in [0.2, 0.25) is 0 Å². The molecule has 0 amide bonds. The van der Waals surface area contributed by atoms with Gasteiger partial charge in [0.2, 0.25) is 0 Å². The molecule has 2 heteroatoms. The second-order valence-electron chi connectivity index (χ2n) is 9.68. The summed E-state index contributed by atoms with van der Waals surface area (Å²) in [5, 5.41) is 8.04. The van der Waals surface area contributed by atoms with Gasteiger partial charge in [-0.25, -0.2) is 0 Å². The molecule has 0 radical (unpaired) electrons. The maximum absolute atomic E-state index is 4.18. The summed E-state index contributed by atoms with van der Waals surface area (Å²) >= 11 is 0. The Morgan fingerprint density at radius 2 is 0.947 bits per heavy atom. The Balaban J connectivity index is 0.000000113. The molecule has 2 aromatic heterocycles. The average molecular weight is 491 g/mol. The maximum Gasteiger partial charge on any atom is 0.0701 e. The minimum absolute atomic E-state index is 1.06. The molecule has 1 aliphatic carbocycles. The van der Waals surface area contributed by atoms with Gasteiger partial charge in [-0.1, -0.05) is 97.1 Å². The SMILES string of the molecule is c1ccc2c(c1)ccc1c3c(ccc12)CCCC3.c1ccc2ncccc2c1.c1ccc2ncccc2c1. The molecule has 0 unspecified atom stereocenters. The lowest BCUT2D eigenvalue weighted by molar-refractivity contribution is 0.690.